The average Bonchev–Trinajstić information content (AvgIpc) is 2.32. The smallest absolute Gasteiger partial charge is 0.304 e. The molecule has 2 rings (SSSR count). The zero-order valence-corrected chi connectivity index (χ0v) is 11.6. The van der Waals surface area contributed by atoms with Gasteiger partial charge in [-0.05, 0) is 17.5 Å². The normalized spacial score (nSPS) is 17.1. The number of benzene rings is 1. The predicted molar refractivity (Wildman–Crippen MR) is 71.8 cm³/mol. The standard InChI is InChI=1S/C15H20O4/c1-10(2)11-4-5-13(18-3)12(6-11)15(7-14(16)17)8-19-9-15/h4-6,10H,7-9H2,1-3H3,(H,16,17). The fourth-order valence-corrected chi connectivity index (χ4v) is 2.49. The first kappa shape index (κ1) is 13.9. The van der Waals surface area contributed by atoms with Gasteiger partial charge in [0.2, 0.25) is 0 Å². The summed E-state index contributed by atoms with van der Waals surface area (Å²) in [6.07, 6.45) is 0.0743. The van der Waals surface area contributed by atoms with E-state index in [2.05, 4.69) is 19.9 Å². The van der Waals surface area contributed by atoms with Gasteiger partial charge in [-0.1, -0.05) is 26.0 Å². The lowest BCUT2D eigenvalue weighted by Crippen LogP contribution is -2.48. The van der Waals surface area contributed by atoms with Crippen molar-refractivity contribution in [3.05, 3.63) is 29.3 Å². The van der Waals surface area contributed by atoms with E-state index in [0.29, 0.717) is 19.1 Å². The van der Waals surface area contributed by atoms with Crippen molar-refractivity contribution in [2.75, 3.05) is 20.3 Å². The van der Waals surface area contributed by atoms with Gasteiger partial charge < -0.3 is 14.6 Å². The SMILES string of the molecule is COc1ccc(C(C)C)cc1C1(CC(=O)O)COC1. The first-order valence-corrected chi connectivity index (χ1v) is 6.46. The topological polar surface area (TPSA) is 55.8 Å². The van der Waals surface area contributed by atoms with Crippen molar-refractivity contribution in [2.24, 2.45) is 0 Å². The summed E-state index contributed by atoms with van der Waals surface area (Å²) in [6.45, 7) is 5.12. The summed E-state index contributed by atoms with van der Waals surface area (Å²) in [5.74, 6) is 0.335. The molecule has 1 aliphatic heterocycles. The van der Waals surface area contributed by atoms with Crippen LogP contribution in [0.4, 0.5) is 0 Å². The molecule has 1 aromatic carbocycles. The second-order valence-corrected chi connectivity index (χ2v) is 5.46. The molecule has 4 heteroatoms. The maximum absolute atomic E-state index is 11.1. The van der Waals surface area contributed by atoms with E-state index in [-0.39, 0.29) is 6.42 Å². The minimum atomic E-state index is -0.805. The molecule has 1 fully saturated rings. The molecule has 1 aromatic rings. The minimum absolute atomic E-state index is 0.0743. The summed E-state index contributed by atoms with van der Waals surface area (Å²) in [5.41, 5.74) is 1.70. The van der Waals surface area contributed by atoms with Crippen LogP contribution >= 0.6 is 0 Å². The van der Waals surface area contributed by atoms with Gasteiger partial charge in [-0.15, -0.1) is 0 Å². The third kappa shape index (κ3) is 2.59. The van der Waals surface area contributed by atoms with E-state index in [4.69, 9.17) is 14.6 Å². The summed E-state index contributed by atoms with van der Waals surface area (Å²) in [5, 5.41) is 9.12. The molecule has 0 aromatic heterocycles. The minimum Gasteiger partial charge on any atom is -0.496 e. The molecule has 0 atom stereocenters. The van der Waals surface area contributed by atoms with Crippen molar-refractivity contribution in [3.8, 4) is 5.75 Å². The van der Waals surface area contributed by atoms with Crippen LogP contribution in [0.5, 0.6) is 5.75 Å². The number of carboxylic acid groups (broad SMARTS) is 1. The van der Waals surface area contributed by atoms with E-state index in [0.717, 1.165) is 11.3 Å². The van der Waals surface area contributed by atoms with Crippen LogP contribution in [0, 0.1) is 0 Å². The molecular formula is C15H20O4. The molecule has 0 amide bonds. The third-order valence-corrected chi connectivity index (χ3v) is 3.71. The van der Waals surface area contributed by atoms with Crippen LogP contribution in [0.25, 0.3) is 0 Å². The molecule has 0 unspecified atom stereocenters. The summed E-state index contributed by atoms with van der Waals surface area (Å²) >= 11 is 0. The Morgan fingerprint density at radius 1 is 1.47 bits per heavy atom. The molecule has 19 heavy (non-hydrogen) atoms. The third-order valence-electron chi connectivity index (χ3n) is 3.71. The highest BCUT2D eigenvalue weighted by atomic mass is 16.5. The lowest BCUT2D eigenvalue weighted by atomic mass is 9.74. The van der Waals surface area contributed by atoms with E-state index in [1.165, 1.54) is 5.56 Å². The van der Waals surface area contributed by atoms with Gasteiger partial charge in [0.1, 0.15) is 5.75 Å². The van der Waals surface area contributed by atoms with Crippen LogP contribution in [0.2, 0.25) is 0 Å². The Labute approximate surface area is 113 Å². The molecule has 0 aliphatic carbocycles. The molecule has 0 bridgehead atoms. The van der Waals surface area contributed by atoms with E-state index in [1.54, 1.807) is 7.11 Å². The Morgan fingerprint density at radius 2 is 2.16 bits per heavy atom. The van der Waals surface area contributed by atoms with Crippen molar-refractivity contribution in [2.45, 2.75) is 31.6 Å². The molecular weight excluding hydrogens is 244 g/mol. The van der Waals surface area contributed by atoms with Gasteiger partial charge in [0.25, 0.3) is 0 Å². The fraction of sp³-hybridized carbons (Fsp3) is 0.533. The summed E-state index contributed by atoms with van der Waals surface area (Å²) < 4.78 is 10.7. The van der Waals surface area contributed by atoms with Gasteiger partial charge in [0.05, 0.1) is 32.2 Å². The van der Waals surface area contributed by atoms with E-state index >= 15 is 0 Å². The predicted octanol–water partition coefficient (Wildman–Crippen LogP) is 2.56. The Balaban J connectivity index is 2.45. The molecule has 4 nitrogen and oxygen atoms in total. The van der Waals surface area contributed by atoms with Gasteiger partial charge in [0, 0.05) is 5.56 Å². The highest BCUT2D eigenvalue weighted by molar-refractivity contribution is 5.70. The zero-order valence-electron chi connectivity index (χ0n) is 11.6. The van der Waals surface area contributed by atoms with Gasteiger partial charge >= 0.3 is 5.97 Å². The van der Waals surface area contributed by atoms with Gasteiger partial charge in [-0.2, -0.15) is 0 Å². The molecule has 104 valence electrons. The van der Waals surface area contributed by atoms with Crippen molar-refractivity contribution >= 4 is 5.97 Å². The van der Waals surface area contributed by atoms with Crippen LogP contribution in [0.1, 0.15) is 37.3 Å². The number of methoxy groups -OCH3 is 1. The second-order valence-electron chi connectivity index (χ2n) is 5.46. The molecule has 1 aliphatic rings. The largest absolute Gasteiger partial charge is 0.496 e. The van der Waals surface area contributed by atoms with E-state index in [1.807, 2.05) is 12.1 Å². The van der Waals surface area contributed by atoms with Crippen molar-refractivity contribution in [1.82, 2.24) is 0 Å². The molecule has 1 heterocycles. The maximum Gasteiger partial charge on any atom is 0.304 e. The van der Waals surface area contributed by atoms with Crippen LogP contribution < -0.4 is 4.74 Å². The van der Waals surface area contributed by atoms with E-state index < -0.39 is 11.4 Å². The lowest BCUT2D eigenvalue weighted by Gasteiger charge is -2.41. The quantitative estimate of drug-likeness (QED) is 0.888. The Kier molecular flexibility index (Phi) is 3.80. The number of aliphatic carboxylic acids is 1. The Bertz CT molecular complexity index is 475. The van der Waals surface area contributed by atoms with E-state index in [9.17, 15) is 4.79 Å². The van der Waals surface area contributed by atoms with Crippen molar-refractivity contribution in [3.63, 3.8) is 0 Å². The van der Waals surface area contributed by atoms with Gasteiger partial charge in [-0.25, -0.2) is 0 Å². The molecule has 0 saturated carbocycles. The van der Waals surface area contributed by atoms with Crippen LogP contribution in [-0.2, 0) is 14.9 Å². The monoisotopic (exact) mass is 264 g/mol. The number of carbonyl (C=O) groups is 1. The van der Waals surface area contributed by atoms with Crippen LogP contribution in [0.15, 0.2) is 18.2 Å². The fourth-order valence-electron chi connectivity index (χ4n) is 2.49. The lowest BCUT2D eigenvalue weighted by molar-refractivity contribution is -0.145. The first-order valence-electron chi connectivity index (χ1n) is 6.46. The van der Waals surface area contributed by atoms with Crippen molar-refractivity contribution in [1.29, 1.82) is 0 Å². The molecule has 0 spiro atoms. The molecule has 1 N–H and O–H groups in total. The van der Waals surface area contributed by atoms with Gasteiger partial charge in [0.15, 0.2) is 0 Å². The molecule has 1 saturated heterocycles. The summed E-state index contributed by atoms with van der Waals surface area (Å²) in [6, 6.07) is 6.02. The van der Waals surface area contributed by atoms with Crippen LogP contribution in [0.3, 0.4) is 0 Å². The number of carboxylic acids is 1. The number of hydrogen-bond donors (Lipinski definition) is 1. The van der Waals surface area contributed by atoms with Crippen molar-refractivity contribution < 1.29 is 19.4 Å². The van der Waals surface area contributed by atoms with Gasteiger partial charge in [-0.3, -0.25) is 4.79 Å². The van der Waals surface area contributed by atoms with Crippen LogP contribution in [-0.4, -0.2) is 31.4 Å². The number of hydrogen-bond acceptors (Lipinski definition) is 3. The highest BCUT2D eigenvalue weighted by Gasteiger charge is 2.44. The molecule has 0 radical (unpaired) electrons. The Hall–Kier alpha value is -1.55. The first-order chi connectivity index (χ1) is 8.98. The average molecular weight is 264 g/mol. The summed E-state index contributed by atoms with van der Waals surface area (Å²) in [4.78, 5) is 11.1. The Morgan fingerprint density at radius 3 is 2.58 bits per heavy atom. The zero-order chi connectivity index (χ0) is 14.0. The number of rotatable bonds is 5. The summed E-state index contributed by atoms with van der Waals surface area (Å²) in [7, 11) is 1.61. The highest BCUT2D eigenvalue weighted by Crippen LogP contribution is 2.41. The number of ether oxygens (including phenoxy) is 2. The maximum atomic E-state index is 11.1. The second kappa shape index (κ2) is 5.21.